The maximum atomic E-state index is 13.6. The van der Waals surface area contributed by atoms with Crippen LogP contribution in [0.1, 0.15) is 22.6 Å². The zero-order valence-electron chi connectivity index (χ0n) is 18.4. The molecule has 2 saturated heterocycles. The van der Waals surface area contributed by atoms with Crippen LogP contribution in [0.4, 0.5) is 5.82 Å². The van der Waals surface area contributed by atoms with Crippen molar-refractivity contribution in [1.82, 2.24) is 34.8 Å². The highest BCUT2D eigenvalue weighted by Crippen LogP contribution is 2.32. The summed E-state index contributed by atoms with van der Waals surface area (Å²) in [6, 6.07) is 11.7. The third kappa shape index (κ3) is 3.69. The van der Waals surface area contributed by atoms with E-state index in [2.05, 4.69) is 25.1 Å². The molecule has 2 fully saturated rings. The first-order valence-electron chi connectivity index (χ1n) is 11.2. The summed E-state index contributed by atoms with van der Waals surface area (Å²) in [5, 5.41) is 8.40. The number of fused-ring (bicyclic) bond motifs is 3. The molecule has 2 unspecified atom stereocenters. The summed E-state index contributed by atoms with van der Waals surface area (Å²) < 4.78 is 0. The van der Waals surface area contributed by atoms with E-state index in [4.69, 9.17) is 4.98 Å². The monoisotopic (exact) mass is 440 g/mol. The van der Waals surface area contributed by atoms with E-state index < -0.39 is 0 Å². The minimum atomic E-state index is -0.0559. The van der Waals surface area contributed by atoms with Crippen LogP contribution in [-0.4, -0.2) is 66.9 Å². The van der Waals surface area contributed by atoms with Gasteiger partial charge in [-0.15, -0.1) is 4.80 Å². The Morgan fingerprint density at radius 2 is 1.64 bits per heavy atom. The van der Waals surface area contributed by atoms with Crippen LogP contribution >= 0.6 is 0 Å². The number of nitrogens with zero attached hydrogens (tertiary/aromatic N) is 8. The molecular weight excluding hydrogens is 416 g/mol. The fourth-order valence-corrected chi connectivity index (χ4v) is 5.09. The van der Waals surface area contributed by atoms with Crippen molar-refractivity contribution in [2.75, 3.05) is 31.1 Å². The topological polar surface area (TPSA) is 92.9 Å². The lowest BCUT2D eigenvalue weighted by Gasteiger charge is -2.46. The van der Waals surface area contributed by atoms with Crippen molar-refractivity contribution in [2.24, 2.45) is 11.8 Å². The molecule has 1 aromatic carbocycles. The second-order valence-corrected chi connectivity index (χ2v) is 8.94. The molecule has 0 saturated carbocycles. The van der Waals surface area contributed by atoms with Crippen molar-refractivity contribution in [3.05, 3.63) is 66.4 Å². The van der Waals surface area contributed by atoms with E-state index in [9.17, 15) is 4.79 Å². The summed E-state index contributed by atoms with van der Waals surface area (Å²) in [4.78, 5) is 33.3. The van der Waals surface area contributed by atoms with Gasteiger partial charge >= 0.3 is 0 Å². The van der Waals surface area contributed by atoms with Crippen LogP contribution in [0.5, 0.6) is 0 Å². The minimum absolute atomic E-state index is 0.0559. The molecule has 5 heterocycles. The Hall–Kier alpha value is -3.88. The number of hydrogen-bond donors (Lipinski definition) is 0. The lowest BCUT2D eigenvalue weighted by atomic mass is 9.84. The lowest BCUT2D eigenvalue weighted by molar-refractivity contribution is 0.0558. The summed E-state index contributed by atoms with van der Waals surface area (Å²) in [5.74, 6) is 1.62. The zero-order valence-corrected chi connectivity index (χ0v) is 18.4. The number of amides is 1. The van der Waals surface area contributed by atoms with Gasteiger partial charge in [-0.3, -0.25) is 9.78 Å². The first-order valence-corrected chi connectivity index (χ1v) is 11.2. The second-order valence-electron chi connectivity index (χ2n) is 8.94. The van der Waals surface area contributed by atoms with Gasteiger partial charge < -0.3 is 9.80 Å². The molecule has 9 heteroatoms. The smallest absolute Gasteiger partial charge is 0.274 e. The number of benzene rings is 1. The average Bonchev–Trinajstić information content (AvgIpc) is 3.37. The standard InChI is InChI=1S/C24H24N8O/c1-16-6-7-21(32-26-8-9-27-32)23(28-16)24(33)31-14-17-10-18(15-31)13-30(12-17)22-11-25-19-4-2-3-5-20(19)29-22/h2-9,11,17-18H,10,12-15H2,1H3. The Morgan fingerprint density at radius 1 is 0.909 bits per heavy atom. The molecule has 6 rings (SSSR count). The summed E-state index contributed by atoms with van der Waals surface area (Å²) in [6.45, 7) is 5.03. The highest BCUT2D eigenvalue weighted by molar-refractivity contribution is 5.96. The van der Waals surface area contributed by atoms with E-state index in [1.54, 1.807) is 12.4 Å². The third-order valence-corrected chi connectivity index (χ3v) is 6.48. The molecule has 166 valence electrons. The number of piperidine rings is 2. The number of rotatable bonds is 3. The lowest BCUT2D eigenvalue weighted by Crippen LogP contribution is -2.54. The molecule has 9 nitrogen and oxygen atoms in total. The largest absolute Gasteiger partial charge is 0.355 e. The van der Waals surface area contributed by atoms with Crippen LogP contribution in [0.15, 0.2) is 55.0 Å². The number of anilines is 1. The van der Waals surface area contributed by atoms with Crippen molar-refractivity contribution in [2.45, 2.75) is 13.3 Å². The second kappa shape index (κ2) is 7.91. The number of para-hydroxylation sites is 2. The van der Waals surface area contributed by atoms with Gasteiger partial charge in [-0.05, 0) is 49.4 Å². The van der Waals surface area contributed by atoms with Gasteiger partial charge in [0.05, 0.1) is 29.6 Å². The third-order valence-electron chi connectivity index (χ3n) is 6.48. The first-order chi connectivity index (χ1) is 16.1. The Bertz CT molecular complexity index is 1310. The fourth-order valence-electron chi connectivity index (χ4n) is 5.09. The quantitative estimate of drug-likeness (QED) is 0.483. The van der Waals surface area contributed by atoms with E-state index >= 15 is 0 Å². The number of aryl methyl sites for hydroxylation is 1. The normalized spacial score (nSPS) is 20.3. The molecule has 2 aliphatic heterocycles. The SMILES string of the molecule is Cc1ccc(-n2nccn2)c(C(=O)N2CC3CC(C2)CN(c2cnc4ccccc4n2)C3)n1. The van der Waals surface area contributed by atoms with Gasteiger partial charge in [0.15, 0.2) is 5.69 Å². The Labute approximate surface area is 191 Å². The molecule has 0 spiro atoms. The van der Waals surface area contributed by atoms with Gasteiger partial charge in [-0.2, -0.15) is 10.2 Å². The molecule has 1 amide bonds. The molecule has 2 aliphatic rings. The van der Waals surface area contributed by atoms with E-state index in [1.165, 1.54) is 4.80 Å². The summed E-state index contributed by atoms with van der Waals surface area (Å²) >= 11 is 0. The average molecular weight is 441 g/mol. The molecule has 4 aromatic rings. The van der Waals surface area contributed by atoms with E-state index in [1.807, 2.05) is 54.4 Å². The number of likely N-dealkylation sites (tertiary alicyclic amines) is 1. The Kier molecular flexibility index (Phi) is 4.74. The summed E-state index contributed by atoms with van der Waals surface area (Å²) in [6.07, 6.45) is 6.19. The molecule has 33 heavy (non-hydrogen) atoms. The van der Waals surface area contributed by atoms with Gasteiger partial charge in [0.2, 0.25) is 0 Å². The van der Waals surface area contributed by atoms with Crippen LogP contribution in [0.2, 0.25) is 0 Å². The van der Waals surface area contributed by atoms with E-state index in [0.717, 1.165) is 42.1 Å². The fraction of sp³-hybridized carbons (Fsp3) is 0.333. The molecule has 2 atom stereocenters. The van der Waals surface area contributed by atoms with Crippen molar-refractivity contribution in [3.63, 3.8) is 0 Å². The molecular formula is C24H24N8O. The predicted molar refractivity (Wildman–Crippen MR) is 123 cm³/mol. The number of pyridine rings is 1. The molecule has 3 aromatic heterocycles. The maximum Gasteiger partial charge on any atom is 0.274 e. The highest BCUT2D eigenvalue weighted by Gasteiger charge is 2.37. The molecule has 0 N–H and O–H groups in total. The number of aromatic nitrogens is 6. The molecule has 0 aliphatic carbocycles. The van der Waals surface area contributed by atoms with E-state index in [0.29, 0.717) is 36.3 Å². The Balaban J connectivity index is 1.23. The van der Waals surface area contributed by atoms with Gasteiger partial charge in [0.1, 0.15) is 11.5 Å². The van der Waals surface area contributed by atoms with Gasteiger partial charge in [0, 0.05) is 31.9 Å². The zero-order chi connectivity index (χ0) is 22.4. The van der Waals surface area contributed by atoms with Crippen LogP contribution < -0.4 is 4.90 Å². The van der Waals surface area contributed by atoms with Crippen LogP contribution in [-0.2, 0) is 0 Å². The molecule has 2 bridgehead atoms. The number of carbonyl (C=O) groups is 1. The predicted octanol–water partition coefficient (Wildman–Crippen LogP) is 2.51. The number of carbonyl (C=O) groups excluding carboxylic acids is 1. The van der Waals surface area contributed by atoms with Gasteiger partial charge in [-0.25, -0.2) is 9.97 Å². The van der Waals surface area contributed by atoms with Crippen LogP contribution in [0.25, 0.3) is 16.7 Å². The van der Waals surface area contributed by atoms with E-state index in [-0.39, 0.29) is 5.91 Å². The highest BCUT2D eigenvalue weighted by atomic mass is 16.2. The first kappa shape index (κ1) is 19.8. The van der Waals surface area contributed by atoms with Crippen molar-refractivity contribution in [1.29, 1.82) is 0 Å². The van der Waals surface area contributed by atoms with Crippen molar-refractivity contribution in [3.8, 4) is 5.69 Å². The maximum absolute atomic E-state index is 13.6. The van der Waals surface area contributed by atoms with Crippen LogP contribution in [0.3, 0.4) is 0 Å². The van der Waals surface area contributed by atoms with Gasteiger partial charge in [0.25, 0.3) is 5.91 Å². The molecule has 0 radical (unpaired) electrons. The van der Waals surface area contributed by atoms with Crippen molar-refractivity contribution < 1.29 is 4.79 Å². The van der Waals surface area contributed by atoms with Gasteiger partial charge in [-0.1, -0.05) is 12.1 Å². The number of hydrogen-bond acceptors (Lipinski definition) is 7. The van der Waals surface area contributed by atoms with Crippen molar-refractivity contribution >= 4 is 22.8 Å². The summed E-state index contributed by atoms with van der Waals surface area (Å²) in [5.41, 5.74) is 3.63. The summed E-state index contributed by atoms with van der Waals surface area (Å²) in [7, 11) is 0. The minimum Gasteiger partial charge on any atom is -0.355 e. The Morgan fingerprint density at radius 3 is 2.39 bits per heavy atom. The van der Waals surface area contributed by atoms with Crippen LogP contribution in [0, 0.1) is 18.8 Å².